The first kappa shape index (κ1) is 11.8. The molecule has 0 unspecified atom stereocenters. The first-order valence-corrected chi connectivity index (χ1v) is 6.84. The predicted molar refractivity (Wildman–Crippen MR) is 71.2 cm³/mol. The molecule has 0 spiro atoms. The lowest BCUT2D eigenvalue weighted by Gasteiger charge is -2.41. The molecule has 3 heteroatoms. The molecular weight excluding hydrogens is 226 g/mol. The summed E-state index contributed by atoms with van der Waals surface area (Å²) in [5, 5.41) is 0. The molecule has 1 heterocycles. The fraction of sp³-hybridized carbons (Fsp3) is 0.600. The third kappa shape index (κ3) is 1.69. The van der Waals surface area contributed by atoms with Crippen LogP contribution in [0, 0.1) is 0 Å². The second kappa shape index (κ2) is 4.16. The number of rotatable bonds is 2. The largest absolute Gasteiger partial charge is 0.486 e. The molecule has 0 aromatic heterocycles. The topological polar surface area (TPSA) is 44.5 Å². The van der Waals surface area contributed by atoms with E-state index in [0.717, 1.165) is 24.3 Å². The Kier molecular flexibility index (Phi) is 2.74. The summed E-state index contributed by atoms with van der Waals surface area (Å²) in [5.74, 6) is 2.19. The van der Waals surface area contributed by atoms with Crippen molar-refractivity contribution in [3.63, 3.8) is 0 Å². The third-order valence-electron chi connectivity index (χ3n) is 4.11. The van der Waals surface area contributed by atoms with Gasteiger partial charge in [-0.2, -0.15) is 0 Å². The molecule has 0 amide bonds. The minimum absolute atomic E-state index is 0.143. The molecule has 3 nitrogen and oxygen atoms in total. The van der Waals surface area contributed by atoms with E-state index < -0.39 is 0 Å². The zero-order valence-electron chi connectivity index (χ0n) is 11.2. The van der Waals surface area contributed by atoms with Crippen LogP contribution in [0.4, 0.5) is 0 Å². The highest BCUT2D eigenvalue weighted by Crippen LogP contribution is 2.47. The van der Waals surface area contributed by atoms with Crippen LogP contribution in [0.3, 0.4) is 0 Å². The van der Waals surface area contributed by atoms with Crippen LogP contribution in [0.15, 0.2) is 12.1 Å². The Labute approximate surface area is 108 Å². The van der Waals surface area contributed by atoms with E-state index >= 15 is 0 Å². The highest BCUT2D eigenvalue weighted by molar-refractivity contribution is 5.55. The minimum atomic E-state index is -0.143. The molecule has 1 aromatic rings. The van der Waals surface area contributed by atoms with Crippen molar-refractivity contribution in [3.8, 4) is 11.5 Å². The van der Waals surface area contributed by atoms with Gasteiger partial charge in [-0.1, -0.05) is 19.9 Å². The van der Waals surface area contributed by atoms with E-state index in [2.05, 4.69) is 19.9 Å². The fourth-order valence-electron chi connectivity index (χ4n) is 2.97. The van der Waals surface area contributed by atoms with E-state index in [-0.39, 0.29) is 5.54 Å². The van der Waals surface area contributed by atoms with Gasteiger partial charge in [0.2, 0.25) is 0 Å². The quantitative estimate of drug-likeness (QED) is 0.874. The average Bonchev–Trinajstić information content (AvgIpc) is 2.34. The van der Waals surface area contributed by atoms with Crippen molar-refractivity contribution in [2.45, 2.75) is 44.6 Å². The van der Waals surface area contributed by atoms with Gasteiger partial charge in [0.25, 0.3) is 0 Å². The smallest absolute Gasteiger partial charge is 0.165 e. The SMILES string of the molecule is CC(C)c1c(C2(N)CCC2)ccc2c1OCCO2. The molecule has 1 aromatic carbocycles. The lowest BCUT2D eigenvalue weighted by Crippen LogP contribution is -2.44. The number of hydrogen-bond acceptors (Lipinski definition) is 3. The van der Waals surface area contributed by atoms with Crippen molar-refractivity contribution < 1.29 is 9.47 Å². The van der Waals surface area contributed by atoms with Crippen molar-refractivity contribution in [2.24, 2.45) is 5.73 Å². The Bertz CT molecular complexity index is 464. The van der Waals surface area contributed by atoms with Crippen LogP contribution in [0.1, 0.15) is 50.2 Å². The summed E-state index contributed by atoms with van der Waals surface area (Å²) < 4.78 is 11.5. The van der Waals surface area contributed by atoms with Gasteiger partial charge in [-0.05, 0) is 36.8 Å². The maximum atomic E-state index is 6.50. The monoisotopic (exact) mass is 247 g/mol. The van der Waals surface area contributed by atoms with E-state index in [9.17, 15) is 0 Å². The summed E-state index contributed by atoms with van der Waals surface area (Å²) in [4.78, 5) is 0. The van der Waals surface area contributed by atoms with Gasteiger partial charge in [0.05, 0.1) is 0 Å². The van der Waals surface area contributed by atoms with Gasteiger partial charge in [-0.3, -0.25) is 0 Å². The number of nitrogens with two attached hydrogens (primary N) is 1. The zero-order valence-corrected chi connectivity index (χ0v) is 11.2. The van der Waals surface area contributed by atoms with Crippen molar-refractivity contribution in [2.75, 3.05) is 13.2 Å². The van der Waals surface area contributed by atoms with Gasteiger partial charge in [-0.15, -0.1) is 0 Å². The van der Waals surface area contributed by atoms with Gasteiger partial charge >= 0.3 is 0 Å². The maximum Gasteiger partial charge on any atom is 0.165 e. The second-order valence-corrected chi connectivity index (χ2v) is 5.72. The predicted octanol–water partition coefficient (Wildman–Crippen LogP) is 2.92. The molecule has 3 rings (SSSR count). The van der Waals surface area contributed by atoms with E-state index in [0.29, 0.717) is 19.1 Å². The van der Waals surface area contributed by atoms with Crippen LogP contribution in [0.5, 0.6) is 11.5 Å². The summed E-state index contributed by atoms with van der Waals surface area (Å²) >= 11 is 0. The van der Waals surface area contributed by atoms with E-state index in [4.69, 9.17) is 15.2 Å². The number of benzene rings is 1. The Hall–Kier alpha value is -1.22. The zero-order chi connectivity index (χ0) is 12.8. The van der Waals surface area contributed by atoms with Crippen LogP contribution in [-0.2, 0) is 5.54 Å². The van der Waals surface area contributed by atoms with Gasteiger partial charge in [0, 0.05) is 11.1 Å². The first-order chi connectivity index (χ1) is 8.62. The Morgan fingerprint density at radius 2 is 1.89 bits per heavy atom. The Balaban J connectivity index is 2.14. The van der Waals surface area contributed by atoms with Crippen LogP contribution < -0.4 is 15.2 Å². The number of fused-ring (bicyclic) bond motifs is 1. The molecule has 98 valence electrons. The summed E-state index contributed by atoms with van der Waals surface area (Å²) in [6, 6.07) is 4.16. The highest BCUT2D eigenvalue weighted by Gasteiger charge is 2.38. The third-order valence-corrected chi connectivity index (χ3v) is 4.11. The van der Waals surface area contributed by atoms with Gasteiger partial charge in [0.15, 0.2) is 11.5 Å². The van der Waals surface area contributed by atoms with Crippen LogP contribution in [0.25, 0.3) is 0 Å². The van der Waals surface area contributed by atoms with Crippen molar-refractivity contribution in [3.05, 3.63) is 23.3 Å². The Morgan fingerprint density at radius 1 is 1.17 bits per heavy atom. The van der Waals surface area contributed by atoms with Gasteiger partial charge < -0.3 is 15.2 Å². The average molecular weight is 247 g/mol. The van der Waals surface area contributed by atoms with Crippen molar-refractivity contribution in [1.82, 2.24) is 0 Å². The van der Waals surface area contributed by atoms with Crippen molar-refractivity contribution >= 4 is 0 Å². The molecule has 2 aliphatic rings. The molecule has 1 fully saturated rings. The van der Waals surface area contributed by atoms with E-state index in [1.165, 1.54) is 17.5 Å². The van der Waals surface area contributed by atoms with Crippen LogP contribution in [0.2, 0.25) is 0 Å². The molecule has 0 radical (unpaired) electrons. The lowest BCUT2D eigenvalue weighted by atomic mass is 9.70. The molecule has 0 atom stereocenters. The fourth-order valence-corrected chi connectivity index (χ4v) is 2.97. The normalized spacial score (nSPS) is 20.7. The van der Waals surface area contributed by atoms with Gasteiger partial charge in [-0.25, -0.2) is 0 Å². The Morgan fingerprint density at radius 3 is 2.50 bits per heavy atom. The lowest BCUT2D eigenvalue weighted by molar-refractivity contribution is 0.167. The molecule has 18 heavy (non-hydrogen) atoms. The molecule has 0 bridgehead atoms. The second-order valence-electron chi connectivity index (χ2n) is 5.72. The summed E-state index contributed by atoms with van der Waals surface area (Å²) in [6.45, 7) is 5.66. The molecule has 1 aliphatic carbocycles. The summed E-state index contributed by atoms with van der Waals surface area (Å²) in [5.41, 5.74) is 8.86. The maximum absolute atomic E-state index is 6.50. The molecule has 2 N–H and O–H groups in total. The van der Waals surface area contributed by atoms with Crippen LogP contribution >= 0.6 is 0 Å². The number of hydrogen-bond donors (Lipinski definition) is 1. The molecule has 1 aliphatic heterocycles. The molecule has 1 saturated carbocycles. The standard InChI is InChI=1S/C15H21NO2/c1-10(2)13-11(15(16)6-3-7-15)4-5-12-14(13)18-9-8-17-12/h4-5,10H,3,6-9,16H2,1-2H3. The summed E-state index contributed by atoms with van der Waals surface area (Å²) in [6.07, 6.45) is 3.38. The molecule has 0 saturated heterocycles. The minimum Gasteiger partial charge on any atom is -0.486 e. The van der Waals surface area contributed by atoms with Gasteiger partial charge in [0.1, 0.15) is 13.2 Å². The summed E-state index contributed by atoms with van der Waals surface area (Å²) in [7, 11) is 0. The van der Waals surface area contributed by atoms with E-state index in [1.54, 1.807) is 0 Å². The first-order valence-electron chi connectivity index (χ1n) is 6.84. The molecular formula is C15H21NO2. The highest BCUT2D eigenvalue weighted by atomic mass is 16.6. The van der Waals surface area contributed by atoms with Crippen molar-refractivity contribution in [1.29, 1.82) is 0 Å². The van der Waals surface area contributed by atoms with Crippen LogP contribution in [-0.4, -0.2) is 13.2 Å². The van der Waals surface area contributed by atoms with E-state index in [1.807, 2.05) is 6.07 Å². The number of ether oxygens (including phenoxy) is 2.